The van der Waals surface area contributed by atoms with Gasteiger partial charge in [-0.1, -0.05) is 26.2 Å². The average molecular weight is 230 g/mol. The van der Waals surface area contributed by atoms with Gasteiger partial charge in [-0.05, 0) is 13.3 Å². The second-order valence-electron chi connectivity index (χ2n) is 4.10. The first-order valence-electron chi connectivity index (χ1n) is 5.70. The quantitative estimate of drug-likeness (QED) is 0.654. The van der Waals surface area contributed by atoms with Crippen LogP contribution in [-0.2, 0) is 4.79 Å². The Hall–Kier alpha value is -1.26. The minimum absolute atomic E-state index is 0.0929. The van der Waals surface area contributed by atoms with Gasteiger partial charge in [-0.3, -0.25) is 4.79 Å². The lowest BCUT2D eigenvalue weighted by molar-refractivity contribution is -0.137. The first-order chi connectivity index (χ1) is 7.47. The van der Waals surface area contributed by atoms with Gasteiger partial charge in [0, 0.05) is 13.1 Å². The molecule has 16 heavy (non-hydrogen) atoms. The Kier molecular flexibility index (Phi) is 7.33. The molecular formula is C11H22N2O3. The number of aliphatic carboxylic acids is 1. The van der Waals surface area contributed by atoms with Gasteiger partial charge in [-0.15, -0.1) is 0 Å². The van der Waals surface area contributed by atoms with Crippen molar-refractivity contribution in [2.75, 3.05) is 13.6 Å². The number of hydrogen-bond acceptors (Lipinski definition) is 2. The summed E-state index contributed by atoms with van der Waals surface area (Å²) >= 11 is 0. The van der Waals surface area contributed by atoms with Crippen LogP contribution in [0.5, 0.6) is 0 Å². The van der Waals surface area contributed by atoms with E-state index in [1.54, 1.807) is 0 Å². The Balaban J connectivity index is 3.80. The fourth-order valence-corrected chi connectivity index (χ4v) is 1.37. The van der Waals surface area contributed by atoms with Crippen LogP contribution < -0.4 is 5.32 Å². The van der Waals surface area contributed by atoms with Gasteiger partial charge in [0.25, 0.3) is 0 Å². The zero-order chi connectivity index (χ0) is 12.6. The standard InChI is InChI=1S/C11H22N2O3/c1-4-5-6-7-9(2)12-11(16)13(3)8-10(14)15/h9H,4-8H2,1-3H3,(H,12,16)(H,14,15). The Labute approximate surface area is 96.8 Å². The number of nitrogens with zero attached hydrogens (tertiary/aromatic N) is 1. The van der Waals surface area contributed by atoms with Crippen molar-refractivity contribution < 1.29 is 14.7 Å². The first kappa shape index (κ1) is 14.7. The predicted octanol–water partition coefficient (Wildman–Crippen LogP) is 1.68. The van der Waals surface area contributed by atoms with Crippen LogP contribution in [0.25, 0.3) is 0 Å². The lowest BCUT2D eigenvalue weighted by Gasteiger charge is -2.19. The molecule has 5 heteroatoms. The molecule has 2 N–H and O–H groups in total. The van der Waals surface area contributed by atoms with Crippen LogP contribution in [0, 0.1) is 0 Å². The van der Waals surface area contributed by atoms with E-state index >= 15 is 0 Å². The summed E-state index contributed by atoms with van der Waals surface area (Å²) in [6.45, 7) is 3.79. The zero-order valence-corrected chi connectivity index (χ0v) is 10.3. The van der Waals surface area contributed by atoms with E-state index in [9.17, 15) is 9.59 Å². The van der Waals surface area contributed by atoms with Crippen molar-refractivity contribution in [2.24, 2.45) is 0 Å². The van der Waals surface area contributed by atoms with Crippen molar-refractivity contribution in [1.82, 2.24) is 10.2 Å². The summed E-state index contributed by atoms with van der Waals surface area (Å²) in [7, 11) is 1.47. The number of carboxylic acid groups (broad SMARTS) is 1. The van der Waals surface area contributed by atoms with Gasteiger partial charge in [0.15, 0.2) is 0 Å². The number of urea groups is 1. The molecule has 0 aromatic heterocycles. The number of hydrogen-bond donors (Lipinski definition) is 2. The Morgan fingerprint density at radius 1 is 1.38 bits per heavy atom. The molecule has 0 radical (unpaired) electrons. The van der Waals surface area contributed by atoms with Gasteiger partial charge >= 0.3 is 12.0 Å². The molecule has 0 spiro atoms. The van der Waals surface area contributed by atoms with E-state index in [1.165, 1.54) is 11.9 Å². The maximum atomic E-state index is 11.5. The van der Waals surface area contributed by atoms with Gasteiger partial charge in [0.1, 0.15) is 6.54 Å². The number of carboxylic acids is 1. The van der Waals surface area contributed by atoms with Crippen LogP contribution in [0.1, 0.15) is 39.5 Å². The van der Waals surface area contributed by atoms with Gasteiger partial charge in [0.2, 0.25) is 0 Å². The number of amides is 2. The highest BCUT2D eigenvalue weighted by Gasteiger charge is 2.13. The van der Waals surface area contributed by atoms with Crippen molar-refractivity contribution in [3.8, 4) is 0 Å². The Morgan fingerprint density at radius 3 is 2.50 bits per heavy atom. The predicted molar refractivity (Wildman–Crippen MR) is 62.4 cm³/mol. The second-order valence-corrected chi connectivity index (χ2v) is 4.10. The summed E-state index contributed by atoms with van der Waals surface area (Å²) < 4.78 is 0. The smallest absolute Gasteiger partial charge is 0.323 e. The lowest BCUT2D eigenvalue weighted by atomic mass is 10.1. The molecule has 0 heterocycles. The molecule has 1 atom stereocenters. The summed E-state index contributed by atoms with van der Waals surface area (Å²) in [4.78, 5) is 23.0. The van der Waals surface area contributed by atoms with Crippen molar-refractivity contribution >= 4 is 12.0 Å². The number of carbonyl (C=O) groups is 2. The molecule has 5 nitrogen and oxygen atoms in total. The Bertz CT molecular complexity index is 231. The molecule has 0 bridgehead atoms. The fraction of sp³-hybridized carbons (Fsp3) is 0.818. The van der Waals surface area contributed by atoms with Crippen molar-refractivity contribution in [2.45, 2.75) is 45.6 Å². The molecule has 0 aliphatic rings. The van der Waals surface area contributed by atoms with E-state index < -0.39 is 5.97 Å². The topological polar surface area (TPSA) is 69.6 Å². The summed E-state index contributed by atoms with van der Waals surface area (Å²) in [6.07, 6.45) is 4.33. The minimum Gasteiger partial charge on any atom is -0.480 e. The van der Waals surface area contributed by atoms with Gasteiger partial charge in [-0.25, -0.2) is 4.79 Å². The maximum absolute atomic E-state index is 11.5. The molecule has 0 saturated carbocycles. The van der Waals surface area contributed by atoms with E-state index in [0.717, 1.165) is 25.7 Å². The molecule has 0 aromatic rings. The van der Waals surface area contributed by atoms with Gasteiger partial charge < -0.3 is 15.3 Å². The van der Waals surface area contributed by atoms with Crippen LogP contribution in [0.2, 0.25) is 0 Å². The van der Waals surface area contributed by atoms with E-state index in [4.69, 9.17) is 5.11 Å². The van der Waals surface area contributed by atoms with Crippen molar-refractivity contribution in [1.29, 1.82) is 0 Å². The molecule has 0 saturated heterocycles. The van der Waals surface area contributed by atoms with Gasteiger partial charge in [0.05, 0.1) is 0 Å². The molecule has 94 valence electrons. The number of carbonyl (C=O) groups excluding carboxylic acids is 1. The monoisotopic (exact) mass is 230 g/mol. The largest absolute Gasteiger partial charge is 0.480 e. The molecule has 1 unspecified atom stereocenters. The maximum Gasteiger partial charge on any atom is 0.323 e. The molecule has 0 aliphatic carbocycles. The first-order valence-corrected chi connectivity index (χ1v) is 5.70. The fourth-order valence-electron chi connectivity index (χ4n) is 1.37. The molecule has 2 amide bonds. The third-order valence-corrected chi connectivity index (χ3v) is 2.33. The van der Waals surface area contributed by atoms with E-state index in [2.05, 4.69) is 12.2 Å². The second kappa shape index (κ2) is 7.96. The normalized spacial score (nSPS) is 11.9. The van der Waals surface area contributed by atoms with E-state index in [0.29, 0.717) is 0 Å². The van der Waals surface area contributed by atoms with Crippen LogP contribution >= 0.6 is 0 Å². The summed E-state index contributed by atoms with van der Waals surface area (Å²) in [5, 5.41) is 11.3. The number of likely N-dealkylation sites (N-methyl/N-ethyl adjacent to an activating group) is 1. The summed E-state index contributed by atoms with van der Waals surface area (Å²) in [5.41, 5.74) is 0. The highest BCUT2D eigenvalue weighted by Crippen LogP contribution is 2.03. The van der Waals surface area contributed by atoms with E-state index in [1.807, 2.05) is 6.92 Å². The summed E-state index contributed by atoms with van der Waals surface area (Å²) in [5.74, 6) is -1.00. The van der Waals surface area contributed by atoms with E-state index in [-0.39, 0.29) is 18.6 Å². The average Bonchev–Trinajstić information content (AvgIpc) is 2.16. The zero-order valence-electron chi connectivity index (χ0n) is 10.3. The molecular weight excluding hydrogens is 208 g/mol. The molecule has 0 aliphatic heterocycles. The molecule has 0 rings (SSSR count). The SMILES string of the molecule is CCCCCC(C)NC(=O)N(C)CC(=O)O. The summed E-state index contributed by atoms with van der Waals surface area (Å²) in [6, 6.07) is -0.235. The van der Waals surface area contributed by atoms with Crippen LogP contribution in [-0.4, -0.2) is 41.6 Å². The molecule has 0 aromatic carbocycles. The third kappa shape index (κ3) is 7.09. The minimum atomic E-state index is -1.00. The third-order valence-electron chi connectivity index (χ3n) is 2.33. The van der Waals surface area contributed by atoms with Crippen LogP contribution in [0.15, 0.2) is 0 Å². The van der Waals surface area contributed by atoms with Crippen molar-refractivity contribution in [3.05, 3.63) is 0 Å². The van der Waals surface area contributed by atoms with Gasteiger partial charge in [-0.2, -0.15) is 0 Å². The van der Waals surface area contributed by atoms with Crippen LogP contribution in [0.3, 0.4) is 0 Å². The highest BCUT2D eigenvalue weighted by molar-refractivity contribution is 5.79. The Morgan fingerprint density at radius 2 is 2.00 bits per heavy atom. The number of unbranched alkanes of at least 4 members (excludes halogenated alkanes) is 2. The van der Waals surface area contributed by atoms with Crippen molar-refractivity contribution in [3.63, 3.8) is 0 Å². The number of rotatable bonds is 7. The molecule has 0 fully saturated rings. The number of nitrogens with one attached hydrogen (secondary N) is 1. The lowest BCUT2D eigenvalue weighted by Crippen LogP contribution is -2.43. The highest BCUT2D eigenvalue weighted by atomic mass is 16.4. The van der Waals surface area contributed by atoms with Crippen LogP contribution in [0.4, 0.5) is 4.79 Å².